The van der Waals surface area contributed by atoms with Crippen molar-refractivity contribution in [1.82, 2.24) is 10.3 Å². The molecule has 0 radical (unpaired) electrons. The lowest BCUT2D eigenvalue weighted by molar-refractivity contribution is 0.196. The zero-order chi connectivity index (χ0) is 12.1. The summed E-state index contributed by atoms with van der Waals surface area (Å²) in [5, 5.41) is 11.6. The van der Waals surface area contributed by atoms with Gasteiger partial charge < -0.3 is 10.4 Å². The zero-order valence-corrected chi connectivity index (χ0v) is 8.97. The van der Waals surface area contributed by atoms with E-state index in [-0.39, 0.29) is 6.54 Å². The molecule has 0 saturated heterocycles. The molecule has 0 aliphatic carbocycles. The number of pyridine rings is 1. The number of para-hydroxylation sites is 1. The van der Waals surface area contributed by atoms with Gasteiger partial charge in [-0.05, 0) is 12.1 Å². The molecule has 0 fully saturated rings. The fourth-order valence-corrected chi connectivity index (χ4v) is 1.41. The summed E-state index contributed by atoms with van der Waals surface area (Å²) >= 11 is 0. The molecule has 0 bridgehead atoms. The third-order valence-electron chi connectivity index (χ3n) is 2.15. The Kier molecular flexibility index (Phi) is 3.22. The fraction of sp³-hybridized carbons (Fsp3) is 0.0769. The van der Waals surface area contributed by atoms with E-state index >= 15 is 0 Å². The summed E-state index contributed by atoms with van der Waals surface area (Å²) in [5.74, 6) is 5.57. The van der Waals surface area contributed by atoms with E-state index in [1.165, 1.54) is 0 Å². The second-order valence-corrected chi connectivity index (χ2v) is 3.38. The van der Waals surface area contributed by atoms with Crippen molar-refractivity contribution in [3.63, 3.8) is 0 Å². The summed E-state index contributed by atoms with van der Waals surface area (Å²) in [6.07, 6.45) is 0.603. The van der Waals surface area contributed by atoms with E-state index in [4.69, 9.17) is 5.11 Å². The minimum Gasteiger partial charge on any atom is -0.465 e. The first kappa shape index (κ1) is 11.0. The normalized spacial score (nSPS) is 9.41. The summed E-state index contributed by atoms with van der Waals surface area (Å²) in [6.45, 7) is 0.113. The van der Waals surface area contributed by atoms with Crippen LogP contribution in [-0.2, 0) is 0 Å². The highest BCUT2D eigenvalue weighted by Crippen LogP contribution is 2.11. The first-order valence-electron chi connectivity index (χ1n) is 5.06. The van der Waals surface area contributed by atoms with E-state index in [2.05, 4.69) is 22.1 Å². The molecule has 17 heavy (non-hydrogen) atoms. The minimum atomic E-state index is -1.07. The van der Waals surface area contributed by atoms with Crippen LogP contribution >= 0.6 is 0 Å². The predicted molar refractivity (Wildman–Crippen MR) is 64.6 cm³/mol. The molecule has 4 nitrogen and oxygen atoms in total. The third-order valence-corrected chi connectivity index (χ3v) is 2.15. The van der Waals surface area contributed by atoms with Crippen LogP contribution in [0, 0.1) is 11.8 Å². The van der Waals surface area contributed by atoms with E-state index in [1.54, 1.807) is 6.20 Å². The zero-order valence-electron chi connectivity index (χ0n) is 8.97. The molecule has 0 aliphatic heterocycles. The minimum absolute atomic E-state index is 0.113. The number of rotatable bonds is 1. The van der Waals surface area contributed by atoms with Crippen molar-refractivity contribution < 1.29 is 9.90 Å². The summed E-state index contributed by atoms with van der Waals surface area (Å²) in [5.41, 5.74) is 1.69. The number of benzene rings is 1. The maximum atomic E-state index is 10.2. The van der Waals surface area contributed by atoms with Crippen molar-refractivity contribution in [2.24, 2.45) is 0 Å². The van der Waals surface area contributed by atoms with E-state index in [9.17, 15) is 4.79 Å². The van der Waals surface area contributed by atoms with Crippen LogP contribution in [0.2, 0.25) is 0 Å². The Bertz CT molecular complexity index is 611. The molecule has 1 aromatic heterocycles. The van der Waals surface area contributed by atoms with Crippen LogP contribution in [-0.4, -0.2) is 22.7 Å². The average Bonchev–Trinajstić information content (AvgIpc) is 2.34. The number of hydrogen-bond donors (Lipinski definition) is 2. The Morgan fingerprint density at radius 2 is 2.24 bits per heavy atom. The number of carbonyl (C=O) groups is 1. The van der Waals surface area contributed by atoms with E-state index in [1.807, 2.05) is 30.3 Å². The van der Waals surface area contributed by atoms with Gasteiger partial charge in [-0.25, -0.2) is 4.79 Å². The van der Waals surface area contributed by atoms with Crippen molar-refractivity contribution in [2.45, 2.75) is 0 Å². The predicted octanol–water partition coefficient (Wildman–Crippen LogP) is 1.85. The molecule has 1 heterocycles. The molecule has 2 rings (SSSR count). The lowest BCUT2D eigenvalue weighted by Gasteiger charge is -1.96. The number of nitrogens with one attached hydrogen (secondary N) is 1. The Morgan fingerprint density at radius 3 is 3.06 bits per heavy atom. The fourth-order valence-electron chi connectivity index (χ4n) is 1.41. The molecule has 2 N–H and O–H groups in total. The Balaban J connectivity index is 2.16. The highest BCUT2D eigenvalue weighted by atomic mass is 16.4. The number of hydrogen-bond acceptors (Lipinski definition) is 2. The van der Waals surface area contributed by atoms with Crippen LogP contribution in [0.1, 0.15) is 5.56 Å². The molecule has 1 aromatic carbocycles. The Morgan fingerprint density at radius 1 is 1.41 bits per heavy atom. The van der Waals surface area contributed by atoms with Gasteiger partial charge in [-0.3, -0.25) is 4.98 Å². The van der Waals surface area contributed by atoms with Gasteiger partial charge in [-0.2, -0.15) is 0 Å². The average molecular weight is 226 g/mol. The van der Waals surface area contributed by atoms with Crippen LogP contribution in [0.15, 0.2) is 36.5 Å². The van der Waals surface area contributed by atoms with Crippen molar-refractivity contribution in [1.29, 1.82) is 0 Å². The highest BCUT2D eigenvalue weighted by molar-refractivity contribution is 5.79. The van der Waals surface area contributed by atoms with E-state index < -0.39 is 6.09 Å². The van der Waals surface area contributed by atoms with Crippen molar-refractivity contribution in [3.8, 4) is 11.8 Å². The Hall–Kier alpha value is -2.54. The van der Waals surface area contributed by atoms with Crippen LogP contribution in [0.4, 0.5) is 4.79 Å². The molecule has 0 unspecified atom stereocenters. The Labute approximate surface area is 98.3 Å². The van der Waals surface area contributed by atoms with E-state index in [0.29, 0.717) is 0 Å². The molecule has 0 aliphatic rings. The van der Waals surface area contributed by atoms with Gasteiger partial charge in [0.2, 0.25) is 0 Å². The quantitative estimate of drug-likeness (QED) is 0.729. The van der Waals surface area contributed by atoms with Gasteiger partial charge in [0.15, 0.2) is 0 Å². The molecule has 0 saturated carbocycles. The second kappa shape index (κ2) is 4.99. The van der Waals surface area contributed by atoms with Gasteiger partial charge in [-0.15, -0.1) is 0 Å². The SMILES string of the molecule is O=C(O)NCC#Cc1cnc2ccccc2c1. The molecule has 2 aromatic rings. The van der Waals surface area contributed by atoms with Gasteiger partial charge >= 0.3 is 6.09 Å². The number of fused-ring (bicyclic) bond motifs is 1. The summed E-state index contributed by atoms with van der Waals surface area (Å²) in [7, 11) is 0. The molecular formula is C13H10N2O2. The van der Waals surface area contributed by atoms with Crippen LogP contribution in [0.3, 0.4) is 0 Å². The highest BCUT2D eigenvalue weighted by Gasteiger charge is 1.94. The summed E-state index contributed by atoms with van der Waals surface area (Å²) in [4.78, 5) is 14.4. The molecular weight excluding hydrogens is 216 g/mol. The number of aromatic nitrogens is 1. The first-order chi connectivity index (χ1) is 8.25. The van der Waals surface area contributed by atoms with Crippen molar-refractivity contribution in [3.05, 3.63) is 42.1 Å². The second-order valence-electron chi connectivity index (χ2n) is 3.38. The van der Waals surface area contributed by atoms with E-state index in [0.717, 1.165) is 16.5 Å². The largest absolute Gasteiger partial charge is 0.465 e. The van der Waals surface area contributed by atoms with Crippen molar-refractivity contribution in [2.75, 3.05) is 6.54 Å². The van der Waals surface area contributed by atoms with Gasteiger partial charge in [0.1, 0.15) is 0 Å². The third kappa shape index (κ3) is 2.95. The molecule has 0 spiro atoms. The van der Waals surface area contributed by atoms with Crippen LogP contribution in [0.25, 0.3) is 10.9 Å². The number of nitrogens with zero attached hydrogens (tertiary/aromatic N) is 1. The maximum Gasteiger partial charge on any atom is 0.405 e. The molecule has 4 heteroatoms. The van der Waals surface area contributed by atoms with Gasteiger partial charge in [0.25, 0.3) is 0 Å². The molecule has 84 valence electrons. The first-order valence-corrected chi connectivity index (χ1v) is 5.06. The topological polar surface area (TPSA) is 62.2 Å². The lowest BCUT2D eigenvalue weighted by Crippen LogP contribution is -2.20. The molecule has 1 amide bonds. The monoisotopic (exact) mass is 226 g/mol. The number of amides is 1. The molecule has 0 atom stereocenters. The maximum absolute atomic E-state index is 10.2. The van der Waals surface area contributed by atoms with Crippen molar-refractivity contribution >= 4 is 17.0 Å². The van der Waals surface area contributed by atoms with Gasteiger partial charge in [0, 0.05) is 17.1 Å². The van der Waals surface area contributed by atoms with Gasteiger partial charge in [0.05, 0.1) is 12.1 Å². The van der Waals surface area contributed by atoms with Crippen LogP contribution in [0.5, 0.6) is 0 Å². The lowest BCUT2D eigenvalue weighted by atomic mass is 10.2. The standard InChI is InChI=1S/C13H10N2O2/c16-13(17)14-7-3-4-10-8-11-5-1-2-6-12(11)15-9-10/h1-2,5-6,8-9,14H,7H2,(H,16,17). The number of carboxylic acid groups (broad SMARTS) is 1. The summed E-state index contributed by atoms with van der Waals surface area (Å²) < 4.78 is 0. The van der Waals surface area contributed by atoms with Gasteiger partial charge in [-0.1, -0.05) is 30.0 Å². The smallest absolute Gasteiger partial charge is 0.405 e. The summed E-state index contributed by atoms with van der Waals surface area (Å²) in [6, 6.07) is 9.68. The van der Waals surface area contributed by atoms with Crippen LogP contribution < -0.4 is 5.32 Å².